The van der Waals surface area contributed by atoms with Crippen molar-refractivity contribution in [2.24, 2.45) is 0 Å². The van der Waals surface area contributed by atoms with Crippen LogP contribution in [0.1, 0.15) is 12.0 Å². The van der Waals surface area contributed by atoms with Crippen LogP contribution < -0.4 is 14.4 Å². The maximum Gasteiger partial charge on any atom is 0.212 e. The summed E-state index contributed by atoms with van der Waals surface area (Å²) >= 11 is 0. The van der Waals surface area contributed by atoms with Crippen LogP contribution in [0.4, 0.5) is 5.82 Å². The van der Waals surface area contributed by atoms with Crippen molar-refractivity contribution in [1.29, 1.82) is 0 Å². The fourth-order valence-corrected chi connectivity index (χ4v) is 5.67. The second kappa shape index (κ2) is 9.04. The lowest BCUT2D eigenvalue weighted by molar-refractivity contribution is -0.00876. The van der Waals surface area contributed by atoms with E-state index in [1.54, 1.807) is 13.3 Å². The number of anilines is 1. The summed E-state index contributed by atoms with van der Waals surface area (Å²) in [5.41, 5.74) is 4.81. The molecule has 0 aliphatic carbocycles. The van der Waals surface area contributed by atoms with Gasteiger partial charge in [0.1, 0.15) is 18.2 Å². The minimum atomic E-state index is 0.187. The number of aromatic amines is 1. The van der Waals surface area contributed by atoms with Crippen molar-refractivity contribution in [3.8, 4) is 35.1 Å². The van der Waals surface area contributed by atoms with Gasteiger partial charge in [0.15, 0.2) is 5.65 Å². The topological polar surface area (TPSA) is 96.7 Å². The standard InChI is InChI=1S/C28H26N8O2/c1-3-8-38-22-10-23(27-24-13-31-32-28(24)33-36(27)17-22)19-5-6-25(29-12-19)34-15-20-9-21(16-34)35(20)14-18-4-7-26(37-2)30-11-18/h1,4-7,10-13,17,20-21H,8-9,14-16H2,2H3,(H,32,33). The summed E-state index contributed by atoms with van der Waals surface area (Å²) in [4.78, 5) is 14.2. The van der Waals surface area contributed by atoms with Gasteiger partial charge in [-0.15, -0.1) is 11.5 Å². The summed E-state index contributed by atoms with van der Waals surface area (Å²) < 4.78 is 12.7. The van der Waals surface area contributed by atoms with E-state index < -0.39 is 0 Å². The predicted molar refractivity (Wildman–Crippen MR) is 143 cm³/mol. The van der Waals surface area contributed by atoms with E-state index >= 15 is 0 Å². The summed E-state index contributed by atoms with van der Waals surface area (Å²) in [5, 5.41) is 12.6. The number of rotatable bonds is 7. The zero-order valence-corrected chi connectivity index (χ0v) is 20.9. The Morgan fingerprint density at radius 3 is 2.74 bits per heavy atom. The van der Waals surface area contributed by atoms with Crippen molar-refractivity contribution in [1.82, 2.24) is 34.7 Å². The van der Waals surface area contributed by atoms with Crippen LogP contribution in [0.5, 0.6) is 11.6 Å². The number of H-pyrrole nitrogens is 1. The fraction of sp³-hybridized carbons (Fsp3) is 0.286. The quantitative estimate of drug-likeness (QED) is 0.337. The Bertz CT molecular complexity index is 1640. The number of ether oxygens (including phenoxy) is 2. The molecule has 5 aromatic rings. The highest BCUT2D eigenvalue weighted by Gasteiger charge is 2.44. The van der Waals surface area contributed by atoms with Gasteiger partial charge in [-0.2, -0.15) is 5.10 Å². The van der Waals surface area contributed by atoms with Crippen LogP contribution in [-0.4, -0.2) is 73.6 Å². The monoisotopic (exact) mass is 506 g/mol. The van der Waals surface area contributed by atoms with Gasteiger partial charge in [-0.25, -0.2) is 14.5 Å². The van der Waals surface area contributed by atoms with Gasteiger partial charge in [0.2, 0.25) is 5.88 Å². The van der Waals surface area contributed by atoms with E-state index in [9.17, 15) is 0 Å². The van der Waals surface area contributed by atoms with Crippen molar-refractivity contribution < 1.29 is 9.47 Å². The third-order valence-corrected chi connectivity index (χ3v) is 7.52. The molecule has 1 N–H and O–H groups in total. The van der Waals surface area contributed by atoms with Gasteiger partial charge in [-0.05, 0) is 30.2 Å². The summed E-state index contributed by atoms with van der Waals surface area (Å²) in [6, 6.07) is 11.3. The second-order valence-corrected chi connectivity index (χ2v) is 9.74. The van der Waals surface area contributed by atoms with Crippen molar-refractivity contribution >= 4 is 22.4 Å². The fourth-order valence-electron chi connectivity index (χ4n) is 5.67. The second-order valence-electron chi connectivity index (χ2n) is 9.74. The van der Waals surface area contributed by atoms with Crippen molar-refractivity contribution in [3.63, 3.8) is 0 Å². The molecule has 2 unspecified atom stereocenters. The number of methoxy groups -OCH3 is 1. The van der Waals surface area contributed by atoms with Crippen LogP contribution in [0.3, 0.4) is 0 Å². The minimum Gasteiger partial charge on any atom is -0.481 e. The number of fused-ring (bicyclic) bond motifs is 5. The molecule has 3 aliphatic heterocycles. The smallest absolute Gasteiger partial charge is 0.212 e. The number of piperidine rings is 1. The molecule has 5 aromatic heterocycles. The van der Waals surface area contributed by atoms with E-state index in [4.69, 9.17) is 20.9 Å². The SMILES string of the molecule is C#CCOc1cc(-c2ccc(N3CC4CC(C3)N4Cc3ccc(OC)nc3)nc2)c2c3cn[nH]c3nn2c1. The van der Waals surface area contributed by atoms with Gasteiger partial charge in [-0.1, -0.05) is 12.0 Å². The van der Waals surface area contributed by atoms with Crippen LogP contribution in [0.25, 0.3) is 27.7 Å². The van der Waals surface area contributed by atoms with Gasteiger partial charge < -0.3 is 14.4 Å². The molecular weight excluding hydrogens is 480 g/mol. The maximum absolute atomic E-state index is 5.73. The number of pyridine rings is 3. The molecule has 0 radical (unpaired) electrons. The Balaban J connectivity index is 1.11. The number of nitrogens with one attached hydrogen (secondary N) is 1. The number of nitrogens with zero attached hydrogens (tertiary/aromatic N) is 7. The molecule has 190 valence electrons. The molecule has 0 aromatic carbocycles. The van der Waals surface area contributed by atoms with Crippen LogP contribution >= 0.6 is 0 Å². The van der Waals surface area contributed by atoms with Gasteiger partial charge in [-0.3, -0.25) is 10.00 Å². The molecule has 3 saturated heterocycles. The molecule has 38 heavy (non-hydrogen) atoms. The van der Waals surface area contributed by atoms with Crippen LogP contribution in [0.15, 0.2) is 55.1 Å². The van der Waals surface area contributed by atoms with Crippen molar-refractivity contribution in [3.05, 3.63) is 60.7 Å². The number of terminal acetylenes is 1. The van der Waals surface area contributed by atoms with Crippen molar-refractivity contribution in [2.75, 3.05) is 31.7 Å². The first-order chi connectivity index (χ1) is 18.7. The molecule has 0 saturated carbocycles. The highest BCUT2D eigenvalue weighted by molar-refractivity contribution is 6.00. The number of hydrogen-bond donors (Lipinski definition) is 1. The molecule has 10 nitrogen and oxygen atoms in total. The number of aromatic nitrogens is 6. The minimum absolute atomic E-state index is 0.187. The largest absolute Gasteiger partial charge is 0.481 e. The molecular formula is C28H26N8O2. The predicted octanol–water partition coefficient (Wildman–Crippen LogP) is 3.15. The molecule has 8 heterocycles. The summed E-state index contributed by atoms with van der Waals surface area (Å²) in [6.07, 6.45) is 14.1. The van der Waals surface area contributed by atoms with Gasteiger partial charge in [0, 0.05) is 61.3 Å². The van der Waals surface area contributed by atoms with E-state index in [0.717, 1.165) is 47.5 Å². The highest BCUT2D eigenvalue weighted by Crippen LogP contribution is 2.37. The average molecular weight is 507 g/mol. The van der Waals surface area contributed by atoms with Gasteiger partial charge in [0.25, 0.3) is 0 Å². The molecule has 10 heteroatoms. The first-order valence-corrected chi connectivity index (χ1v) is 12.6. The van der Waals surface area contributed by atoms with E-state index in [1.807, 2.05) is 35.2 Å². The average Bonchev–Trinajstić information content (AvgIpc) is 3.56. The Labute approximate surface area is 219 Å². The third-order valence-electron chi connectivity index (χ3n) is 7.52. The zero-order valence-electron chi connectivity index (χ0n) is 20.9. The van der Waals surface area contributed by atoms with E-state index in [0.29, 0.717) is 29.4 Å². The van der Waals surface area contributed by atoms with E-state index in [2.05, 4.69) is 54.2 Å². The van der Waals surface area contributed by atoms with Crippen molar-refractivity contribution in [2.45, 2.75) is 25.0 Å². The third kappa shape index (κ3) is 3.79. The Hall–Kier alpha value is -4.62. The zero-order chi connectivity index (χ0) is 25.6. The molecule has 8 rings (SSSR count). The maximum atomic E-state index is 5.73. The lowest BCUT2D eigenvalue weighted by Crippen LogP contribution is -2.68. The molecule has 3 aliphatic rings. The lowest BCUT2D eigenvalue weighted by Gasteiger charge is -2.56. The van der Waals surface area contributed by atoms with Gasteiger partial charge in [0.05, 0.1) is 30.4 Å². The Morgan fingerprint density at radius 1 is 1.11 bits per heavy atom. The first-order valence-electron chi connectivity index (χ1n) is 12.6. The Kier molecular flexibility index (Phi) is 5.37. The summed E-state index contributed by atoms with van der Waals surface area (Å²) in [7, 11) is 1.64. The van der Waals surface area contributed by atoms with Crippen LogP contribution in [0, 0.1) is 12.3 Å². The molecule has 0 spiro atoms. The lowest BCUT2D eigenvalue weighted by atomic mass is 9.87. The normalized spacial score (nSPS) is 18.9. The number of hydrogen-bond acceptors (Lipinski definition) is 8. The molecule has 2 bridgehead atoms. The van der Waals surface area contributed by atoms with Crippen LogP contribution in [-0.2, 0) is 6.54 Å². The summed E-state index contributed by atoms with van der Waals surface area (Å²) in [6.45, 7) is 3.02. The van der Waals surface area contributed by atoms with E-state index in [-0.39, 0.29) is 6.61 Å². The summed E-state index contributed by atoms with van der Waals surface area (Å²) in [5.74, 6) is 4.81. The first kappa shape index (κ1) is 22.6. The molecule has 2 atom stereocenters. The van der Waals surface area contributed by atoms with Gasteiger partial charge >= 0.3 is 0 Å². The van der Waals surface area contributed by atoms with Crippen LogP contribution in [0.2, 0.25) is 0 Å². The highest BCUT2D eigenvalue weighted by atomic mass is 16.5. The molecule has 3 fully saturated rings. The van der Waals surface area contributed by atoms with E-state index in [1.165, 1.54) is 12.0 Å². The Morgan fingerprint density at radius 2 is 2.00 bits per heavy atom. The molecule has 0 amide bonds. The number of piperazine rings is 1.